The molecule has 0 saturated heterocycles. The van der Waals surface area contributed by atoms with Crippen molar-refractivity contribution in [1.82, 2.24) is 10.6 Å². The highest BCUT2D eigenvalue weighted by atomic mass is 35.5. The van der Waals surface area contributed by atoms with Gasteiger partial charge in [0.05, 0.1) is 23.2 Å². The van der Waals surface area contributed by atoms with E-state index < -0.39 is 18.0 Å². The van der Waals surface area contributed by atoms with Crippen molar-refractivity contribution in [3.05, 3.63) is 34.0 Å². The monoisotopic (exact) mass is 338 g/mol. The molecule has 0 saturated carbocycles. The average molecular weight is 339 g/mol. The van der Waals surface area contributed by atoms with Crippen LogP contribution >= 0.6 is 11.6 Å². The van der Waals surface area contributed by atoms with Crippen LogP contribution < -0.4 is 20.1 Å². The Morgan fingerprint density at radius 2 is 2.09 bits per heavy atom. The Kier molecular flexibility index (Phi) is 4.04. The van der Waals surface area contributed by atoms with E-state index in [4.69, 9.17) is 25.8 Å². The number of hydrogen-bond donors (Lipinski definition) is 2. The molecule has 8 heteroatoms. The molecule has 2 aliphatic heterocycles. The predicted molar refractivity (Wildman–Crippen MR) is 81.3 cm³/mol. The molecule has 1 aromatic carbocycles. The largest absolute Gasteiger partial charge is 0.463 e. The molecule has 0 fully saturated rings. The normalized spacial score (nSPS) is 19.3. The number of nitrogens with one attached hydrogen (secondary N) is 2. The molecule has 2 heterocycles. The molecule has 2 amide bonds. The van der Waals surface area contributed by atoms with Crippen LogP contribution in [0.15, 0.2) is 23.4 Å². The molecule has 1 aromatic rings. The molecule has 2 aliphatic rings. The fourth-order valence-corrected chi connectivity index (χ4v) is 2.82. The van der Waals surface area contributed by atoms with E-state index in [-0.39, 0.29) is 13.4 Å². The van der Waals surface area contributed by atoms with E-state index >= 15 is 0 Å². The second kappa shape index (κ2) is 6.00. The summed E-state index contributed by atoms with van der Waals surface area (Å²) in [5.74, 6) is 0.520. The number of hydrogen-bond acceptors (Lipinski definition) is 5. The Morgan fingerprint density at radius 1 is 1.39 bits per heavy atom. The van der Waals surface area contributed by atoms with Gasteiger partial charge in [0.15, 0.2) is 11.5 Å². The molecule has 23 heavy (non-hydrogen) atoms. The van der Waals surface area contributed by atoms with Crippen LogP contribution in [0.4, 0.5) is 4.79 Å². The zero-order valence-electron chi connectivity index (χ0n) is 12.6. The number of ether oxygens (including phenoxy) is 3. The third kappa shape index (κ3) is 2.79. The van der Waals surface area contributed by atoms with E-state index in [1.165, 1.54) is 0 Å². The fourth-order valence-electron chi connectivity index (χ4n) is 2.56. The summed E-state index contributed by atoms with van der Waals surface area (Å²) >= 11 is 6.30. The number of rotatable bonds is 3. The third-order valence-corrected chi connectivity index (χ3v) is 3.89. The van der Waals surface area contributed by atoms with Gasteiger partial charge in [0.2, 0.25) is 6.79 Å². The number of amides is 2. The lowest BCUT2D eigenvalue weighted by atomic mass is 9.95. The molecule has 0 aliphatic carbocycles. The van der Waals surface area contributed by atoms with Gasteiger partial charge in [-0.3, -0.25) is 0 Å². The zero-order valence-corrected chi connectivity index (χ0v) is 13.3. The third-order valence-electron chi connectivity index (χ3n) is 3.57. The van der Waals surface area contributed by atoms with E-state index in [0.717, 1.165) is 0 Å². The summed E-state index contributed by atoms with van der Waals surface area (Å²) in [5, 5.41) is 5.62. The van der Waals surface area contributed by atoms with Crippen molar-refractivity contribution < 1.29 is 23.8 Å². The van der Waals surface area contributed by atoms with Crippen LogP contribution in [-0.4, -0.2) is 25.4 Å². The van der Waals surface area contributed by atoms with Gasteiger partial charge in [-0.1, -0.05) is 11.6 Å². The molecule has 7 nitrogen and oxygen atoms in total. The lowest BCUT2D eigenvalue weighted by Crippen LogP contribution is -2.45. The molecule has 0 aromatic heterocycles. The van der Waals surface area contributed by atoms with Crippen molar-refractivity contribution in [2.24, 2.45) is 0 Å². The van der Waals surface area contributed by atoms with Crippen LogP contribution in [0.3, 0.4) is 0 Å². The van der Waals surface area contributed by atoms with Crippen molar-refractivity contribution in [1.29, 1.82) is 0 Å². The SMILES string of the molecule is CCOC(=O)C1=C(C)NC(=O)N[C@H]1c1cc2c(cc1Cl)OCO2. The quantitative estimate of drug-likeness (QED) is 0.826. The molecular formula is C15H15ClN2O5. The average Bonchev–Trinajstić information content (AvgIpc) is 2.92. The second-order valence-electron chi connectivity index (χ2n) is 5.02. The van der Waals surface area contributed by atoms with Gasteiger partial charge >= 0.3 is 12.0 Å². The maximum absolute atomic E-state index is 12.3. The molecule has 122 valence electrons. The summed E-state index contributed by atoms with van der Waals surface area (Å²) in [6.45, 7) is 3.68. The Labute approximate surface area is 137 Å². The summed E-state index contributed by atoms with van der Waals surface area (Å²) in [7, 11) is 0. The second-order valence-corrected chi connectivity index (χ2v) is 5.42. The number of esters is 1. The first-order chi connectivity index (χ1) is 11.0. The first kappa shape index (κ1) is 15.5. The van der Waals surface area contributed by atoms with Gasteiger partial charge in [0.1, 0.15) is 0 Å². The lowest BCUT2D eigenvalue weighted by molar-refractivity contribution is -0.139. The van der Waals surface area contributed by atoms with Gasteiger partial charge in [-0.2, -0.15) is 0 Å². The Balaban J connectivity index is 2.07. The first-order valence-corrected chi connectivity index (χ1v) is 7.43. The minimum atomic E-state index is -0.732. The summed E-state index contributed by atoms with van der Waals surface area (Å²) in [4.78, 5) is 24.1. The summed E-state index contributed by atoms with van der Waals surface area (Å²) in [6.07, 6.45) is 0. The van der Waals surface area contributed by atoms with Crippen molar-refractivity contribution >= 4 is 23.6 Å². The molecule has 0 unspecified atom stereocenters. The van der Waals surface area contributed by atoms with Gasteiger partial charge in [-0.15, -0.1) is 0 Å². The Hall–Kier alpha value is -2.41. The summed E-state index contributed by atoms with van der Waals surface area (Å²) in [5.41, 5.74) is 1.26. The van der Waals surface area contributed by atoms with E-state index in [1.807, 2.05) is 0 Å². The van der Waals surface area contributed by atoms with Crippen LogP contribution in [-0.2, 0) is 9.53 Å². The number of carbonyl (C=O) groups is 2. The van der Waals surface area contributed by atoms with Crippen molar-refractivity contribution in [3.63, 3.8) is 0 Å². The molecule has 3 rings (SSSR count). The number of carbonyl (C=O) groups excluding carboxylic acids is 2. The van der Waals surface area contributed by atoms with Crippen LogP contribution in [0, 0.1) is 0 Å². The van der Waals surface area contributed by atoms with Crippen molar-refractivity contribution in [2.45, 2.75) is 19.9 Å². The van der Waals surface area contributed by atoms with E-state index in [2.05, 4.69) is 10.6 Å². The summed E-state index contributed by atoms with van der Waals surface area (Å²) in [6, 6.07) is 2.11. The highest BCUT2D eigenvalue weighted by molar-refractivity contribution is 6.31. The van der Waals surface area contributed by atoms with Crippen molar-refractivity contribution in [3.8, 4) is 11.5 Å². The van der Waals surface area contributed by atoms with Gasteiger partial charge in [-0.05, 0) is 19.9 Å². The molecule has 2 N–H and O–H groups in total. The van der Waals surface area contributed by atoms with Crippen LogP contribution in [0.1, 0.15) is 25.5 Å². The van der Waals surface area contributed by atoms with Crippen LogP contribution in [0.5, 0.6) is 11.5 Å². The minimum absolute atomic E-state index is 0.104. The van der Waals surface area contributed by atoms with Crippen LogP contribution in [0.2, 0.25) is 5.02 Å². The lowest BCUT2D eigenvalue weighted by Gasteiger charge is -2.28. The molecule has 0 bridgehead atoms. The highest BCUT2D eigenvalue weighted by Crippen LogP contribution is 2.41. The smallest absolute Gasteiger partial charge is 0.338 e. The van der Waals surface area contributed by atoms with E-state index in [1.54, 1.807) is 26.0 Å². The van der Waals surface area contributed by atoms with Gasteiger partial charge in [0, 0.05) is 17.3 Å². The first-order valence-electron chi connectivity index (χ1n) is 7.05. The molecule has 0 spiro atoms. The Morgan fingerprint density at radius 3 is 2.78 bits per heavy atom. The zero-order chi connectivity index (χ0) is 16.6. The fraction of sp³-hybridized carbons (Fsp3) is 0.333. The predicted octanol–water partition coefficient (Wildman–Crippen LogP) is 2.26. The molecule has 0 radical (unpaired) electrons. The van der Waals surface area contributed by atoms with Gasteiger partial charge < -0.3 is 24.8 Å². The number of benzene rings is 1. The Bertz CT molecular complexity index is 716. The number of allylic oxidation sites excluding steroid dienone is 1. The number of fused-ring (bicyclic) bond motifs is 1. The molecule has 1 atom stereocenters. The maximum atomic E-state index is 12.3. The number of halogens is 1. The van der Waals surface area contributed by atoms with Gasteiger partial charge in [-0.25, -0.2) is 9.59 Å². The highest BCUT2D eigenvalue weighted by Gasteiger charge is 2.34. The van der Waals surface area contributed by atoms with Gasteiger partial charge in [0.25, 0.3) is 0 Å². The van der Waals surface area contributed by atoms with E-state index in [0.29, 0.717) is 33.4 Å². The topological polar surface area (TPSA) is 85.9 Å². The minimum Gasteiger partial charge on any atom is -0.463 e. The van der Waals surface area contributed by atoms with Crippen LogP contribution in [0.25, 0.3) is 0 Å². The molecular weight excluding hydrogens is 324 g/mol. The maximum Gasteiger partial charge on any atom is 0.338 e. The number of urea groups is 1. The van der Waals surface area contributed by atoms with E-state index in [9.17, 15) is 9.59 Å². The van der Waals surface area contributed by atoms with Crippen molar-refractivity contribution in [2.75, 3.05) is 13.4 Å². The standard InChI is InChI=1S/C15H15ClN2O5/c1-3-21-14(19)12-7(2)17-15(20)18-13(12)8-4-10-11(5-9(8)16)23-6-22-10/h4-5,13H,3,6H2,1-2H3,(H2,17,18,20)/t13-/m0/s1. The summed E-state index contributed by atoms with van der Waals surface area (Å²) < 4.78 is 15.7.